The van der Waals surface area contributed by atoms with Crippen molar-refractivity contribution in [2.75, 3.05) is 19.7 Å². The van der Waals surface area contributed by atoms with Crippen molar-refractivity contribution < 1.29 is 23.0 Å². The lowest BCUT2D eigenvalue weighted by molar-refractivity contribution is -0.145. The molecule has 199 valence electrons. The van der Waals surface area contributed by atoms with E-state index >= 15 is 0 Å². The van der Waals surface area contributed by atoms with Gasteiger partial charge < -0.3 is 14.8 Å². The number of fused-ring (bicyclic) bond motifs is 1. The highest BCUT2D eigenvalue weighted by Crippen LogP contribution is 2.34. The molecule has 10 nitrogen and oxygen atoms in total. The largest absolute Gasteiger partial charge is 0.474 e. The lowest BCUT2D eigenvalue weighted by atomic mass is 9.89. The molecule has 38 heavy (non-hydrogen) atoms. The highest BCUT2D eigenvalue weighted by Gasteiger charge is 2.38. The summed E-state index contributed by atoms with van der Waals surface area (Å²) in [4.78, 5) is 21.2. The van der Waals surface area contributed by atoms with Gasteiger partial charge in [-0.05, 0) is 31.7 Å². The van der Waals surface area contributed by atoms with Crippen LogP contribution < -0.4 is 4.74 Å². The number of rotatable bonds is 7. The van der Waals surface area contributed by atoms with Crippen molar-refractivity contribution >= 4 is 11.0 Å². The van der Waals surface area contributed by atoms with E-state index in [2.05, 4.69) is 34.9 Å². The molecule has 0 atom stereocenters. The molecule has 1 saturated carbocycles. The van der Waals surface area contributed by atoms with Crippen LogP contribution >= 0.6 is 0 Å². The van der Waals surface area contributed by atoms with Crippen molar-refractivity contribution in [1.82, 2.24) is 39.6 Å². The number of H-pyrrole nitrogens is 1. The zero-order valence-electron chi connectivity index (χ0n) is 20.4. The molecule has 1 saturated heterocycles. The average Bonchev–Trinajstić information content (AvgIpc) is 3.54. The molecule has 6 rings (SSSR count). The van der Waals surface area contributed by atoms with Crippen LogP contribution in [0.2, 0.25) is 0 Å². The zero-order chi connectivity index (χ0) is 26.3. The summed E-state index contributed by atoms with van der Waals surface area (Å²) in [5.41, 5.74) is 2.67. The summed E-state index contributed by atoms with van der Waals surface area (Å²) >= 11 is 0. The van der Waals surface area contributed by atoms with Gasteiger partial charge in [0.25, 0.3) is 0 Å². The van der Waals surface area contributed by atoms with Gasteiger partial charge in [0.2, 0.25) is 11.7 Å². The lowest BCUT2D eigenvalue weighted by Gasteiger charge is -2.45. The van der Waals surface area contributed by atoms with Crippen molar-refractivity contribution in [2.45, 2.75) is 50.4 Å². The quantitative estimate of drug-likeness (QED) is 0.376. The number of nitrogens with zero attached hydrogens (tertiary/aromatic N) is 7. The number of aromatic nitrogens is 7. The fraction of sp³-hybridized carbons (Fsp3) is 0.440. The van der Waals surface area contributed by atoms with Crippen LogP contribution in [0.4, 0.5) is 13.2 Å². The van der Waals surface area contributed by atoms with E-state index in [1.54, 1.807) is 0 Å². The summed E-state index contributed by atoms with van der Waals surface area (Å²) in [6, 6.07) is 4.92. The van der Waals surface area contributed by atoms with Gasteiger partial charge in [0, 0.05) is 61.6 Å². The van der Waals surface area contributed by atoms with Crippen LogP contribution in [0.25, 0.3) is 22.3 Å². The fourth-order valence-electron chi connectivity index (χ4n) is 5.15. The third kappa shape index (κ3) is 4.95. The Morgan fingerprint density at radius 3 is 2.68 bits per heavy atom. The van der Waals surface area contributed by atoms with E-state index < -0.39 is 12.0 Å². The maximum absolute atomic E-state index is 13.2. The third-order valence-electron chi connectivity index (χ3n) is 7.13. The molecular formula is C25H26F3N8O2. The summed E-state index contributed by atoms with van der Waals surface area (Å²) in [5.74, 6) is -1.33. The Labute approximate surface area is 215 Å². The first-order valence-electron chi connectivity index (χ1n) is 12.5. The van der Waals surface area contributed by atoms with Gasteiger partial charge >= 0.3 is 6.18 Å². The van der Waals surface area contributed by atoms with Gasteiger partial charge in [-0.25, -0.2) is 15.0 Å². The predicted octanol–water partition coefficient (Wildman–Crippen LogP) is 3.25. The smallest absolute Gasteiger partial charge is 0.451 e. The molecule has 0 spiro atoms. The first-order valence-corrected chi connectivity index (χ1v) is 12.5. The predicted molar refractivity (Wildman–Crippen MR) is 130 cm³/mol. The average molecular weight is 528 g/mol. The topological polar surface area (TPSA) is 118 Å². The Morgan fingerprint density at radius 1 is 1.11 bits per heavy atom. The summed E-state index contributed by atoms with van der Waals surface area (Å²) in [7, 11) is 0. The molecule has 0 amide bonds. The van der Waals surface area contributed by atoms with E-state index in [4.69, 9.17) is 9.84 Å². The summed E-state index contributed by atoms with van der Waals surface area (Å²) in [6.07, 6.45) is 5.54. The van der Waals surface area contributed by atoms with Crippen LogP contribution in [-0.2, 0) is 12.6 Å². The summed E-state index contributed by atoms with van der Waals surface area (Å²) in [5, 5.41) is 14.6. The lowest BCUT2D eigenvalue weighted by Crippen LogP contribution is -2.54. The highest BCUT2D eigenvalue weighted by molar-refractivity contribution is 5.90. The molecule has 2 aliphatic rings. The number of hydrogen-bond acceptors (Lipinski definition) is 8. The number of nitrogens with one attached hydrogen (secondary N) is 1. The Balaban J connectivity index is 1.03. The van der Waals surface area contributed by atoms with E-state index in [1.807, 2.05) is 29.3 Å². The van der Waals surface area contributed by atoms with Crippen LogP contribution in [0.15, 0.2) is 37.1 Å². The Kier molecular flexibility index (Phi) is 6.48. The maximum Gasteiger partial charge on any atom is 0.451 e. The van der Waals surface area contributed by atoms with Gasteiger partial charge in [0.15, 0.2) is 0 Å². The Morgan fingerprint density at radius 2 is 1.92 bits per heavy atom. The van der Waals surface area contributed by atoms with Crippen molar-refractivity contribution in [3.05, 3.63) is 54.6 Å². The zero-order valence-corrected chi connectivity index (χ0v) is 20.4. The third-order valence-corrected chi connectivity index (χ3v) is 7.13. The number of halogens is 3. The minimum atomic E-state index is -4.68. The van der Waals surface area contributed by atoms with Gasteiger partial charge in [-0.2, -0.15) is 23.3 Å². The van der Waals surface area contributed by atoms with E-state index in [9.17, 15) is 13.2 Å². The molecule has 0 aromatic carbocycles. The second-order valence-electron chi connectivity index (χ2n) is 9.65. The number of aromatic amines is 1. The number of likely N-dealkylation sites (tertiary alicyclic amines) is 1. The van der Waals surface area contributed by atoms with Crippen LogP contribution in [0.5, 0.6) is 5.88 Å². The molecule has 1 aliphatic heterocycles. The van der Waals surface area contributed by atoms with Crippen LogP contribution in [-0.4, -0.2) is 76.5 Å². The van der Waals surface area contributed by atoms with E-state index in [-0.39, 0.29) is 30.7 Å². The van der Waals surface area contributed by atoms with Gasteiger partial charge in [-0.15, -0.1) is 0 Å². The molecule has 2 N–H and O–H groups in total. The van der Waals surface area contributed by atoms with Crippen LogP contribution in [0, 0.1) is 6.04 Å². The molecular weight excluding hydrogens is 501 g/mol. The van der Waals surface area contributed by atoms with Crippen LogP contribution in [0.3, 0.4) is 0 Å². The second-order valence-corrected chi connectivity index (χ2v) is 9.65. The monoisotopic (exact) mass is 527 g/mol. The number of alkyl halides is 3. The minimum Gasteiger partial charge on any atom is -0.474 e. The van der Waals surface area contributed by atoms with E-state index in [0.717, 1.165) is 61.1 Å². The first-order chi connectivity index (χ1) is 18.4. The van der Waals surface area contributed by atoms with E-state index in [1.165, 1.54) is 18.4 Å². The van der Waals surface area contributed by atoms with Gasteiger partial charge in [0.05, 0.1) is 17.6 Å². The van der Waals surface area contributed by atoms with Gasteiger partial charge in [-0.3, -0.25) is 9.58 Å². The van der Waals surface area contributed by atoms with Crippen molar-refractivity contribution in [3.63, 3.8) is 0 Å². The molecule has 13 heteroatoms. The second kappa shape index (κ2) is 9.95. The standard InChI is InChI=1S/C25H26F3N8O2/c26-25(27,28)24-33-16(6-8-37)9-21(34-24)38-19-3-1-17(2-4-19)35-12-18(13-35)36-11-15(10-32-36)22-20-5-7-29-23(20)31-14-30-22/h5,7,9-11,14,17,19,37H,1-4,6,8,12-13H2,(H,29,30,31)/t17-,19+. The molecule has 4 aromatic rings. The molecule has 2 fully saturated rings. The number of aliphatic hydroxyl groups is 1. The number of ether oxygens (including phenoxy) is 1. The van der Waals surface area contributed by atoms with Crippen molar-refractivity contribution in [1.29, 1.82) is 0 Å². The fourth-order valence-corrected chi connectivity index (χ4v) is 5.15. The molecule has 1 radical (unpaired) electrons. The summed E-state index contributed by atoms with van der Waals surface area (Å²) < 4.78 is 47.3. The summed E-state index contributed by atoms with van der Waals surface area (Å²) in [6.45, 7) is 1.32. The molecule has 0 unspecified atom stereocenters. The Hall–Kier alpha value is -3.58. The minimum absolute atomic E-state index is 0.00969. The SMILES string of the molecule is OCCc1cc(O[C@H]2CC[C@@H](N3C[C](n4cc(-c5ncnc6[nH]ccc56)cn4)C3)CC2)nc(C(F)(F)F)n1. The van der Waals surface area contributed by atoms with Crippen molar-refractivity contribution in [3.8, 4) is 17.1 Å². The first kappa shape index (κ1) is 24.7. The highest BCUT2D eigenvalue weighted by atomic mass is 19.4. The molecule has 1 aliphatic carbocycles. The van der Waals surface area contributed by atoms with Crippen molar-refractivity contribution in [2.24, 2.45) is 0 Å². The molecule has 5 heterocycles. The van der Waals surface area contributed by atoms with Gasteiger partial charge in [0.1, 0.15) is 24.1 Å². The van der Waals surface area contributed by atoms with E-state index in [0.29, 0.717) is 6.04 Å². The normalized spacial score (nSPS) is 21.1. The Bertz CT molecular complexity index is 1410. The van der Waals surface area contributed by atoms with Gasteiger partial charge in [-0.1, -0.05) is 0 Å². The number of aliphatic hydroxyl groups excluding tert-OH is 1. The molecule has 4 aromatic heterocycles. The van der Waals surface area contributed by atoms with Crippen LogP contribution in [0.1, 0.15) is 37.2 Å². The maximum atomic E-state index is 13.2. The molecule has 0 bridgehead atoms. The number of hydrogen-bond donors (Lipinski definition) is 2.